The van der Waals surface area contributed by atoms with E-state index in [1.54, 1.807) is 54.6 Å². The van der Waals surface area contributed by atoms with Crippen molar-refractivity contribution in [1.82, 2.24) is 0 Å². The van der Waals surface area contributed by atoms with Gasteiger partial charge in [-0.05, 0) is 75.8 Å². The van der Waals surface area contributed by atoms with Gasteiger partial charge in [-0.25, -0.2) is 0 Å². The summed E-state index contributed by atoms with van der Waals surface area (Å²) in [4.78, 5) is -0.919. The van der Waals surface area contributed by atoms with Crippen molar-refractivity contribution in [1.29, 1.82) is 0 Å². The first kappa shape index (κ1) is 45.4. The van der Waals surface area contributed by atoms with Crippen LogP contribution in [-0.2, 0) is 26.7 Å². The fourth-order valence-electron chi connectivity index (χ4n) is 6.41. The number of fused-ring (bicyclic) bond motifs is 2. The molecular weight excluding hydrogens is 819 g/mol. The maximum Gasteiger partial charge on any atom is 1.00 e. The fourth-order valence-corrected chi connectivity index (χ4v) is 7.85. The first-order valence-corrected chi connectivity index (χ1v) is 19.8. The Morgan fingerprint density at radius 3 is 1.44 bits per heavy atom. The molecule has 0 aromatic heterocycles. The minimum Gasteiger partial charge on any atom is -0.871 e. The van der Waals surface area contributed by atoms with Gasteiger partial charge in [-0.15, -0.1) is 10.2 Å². The molecule has 0 spiro atoms. The zero-order valence-corrected chi connectivity index (χ0v) is 37.7. The number of azo groups is 2. The predicted molar refractivity (Wildman–Crippen MR) is 209 cm³/mol. The Balaban J connectivity index is 0.00000331. The largest absolute Gasteiger partial charge is 1.00 e. The second-order valence-corrected chi connectivity index (χ2v) is 15.4. The minimum atomic E-state index is -4.68. The van der Waals surface area contributed by atoms with Crippen molar-refractivity contribution in [3.05, 3.63) is 132 Å². The Bertz CT molecular complexity index is 3020. The molecule has 0 radical (unpaired) electrons. The minimum absolute atomic E-state index is 0. The molecule has 14 nitrogen and oxygen atoms in total. The van der Waals surface area contributed by atoms with Crippen LogP contribution in [-0.4, -0.2) is 40.2 Å². The Morgan fingerprint density at radius 1 is 0.525 bits per heavy atom. The summed E-state index contributed by atoms with van der Waals surface area (Å²) in [5.74, 6) is -0.459. The summed E-state index contributed by atoms with van der Waals surface area (Å²) < 4.78 is 79.3. The van der Waals surface area contributed by atoms with E-state index in [2.05, 4.69) is 20.5 Å². The molecule has 0 aliphatic carbocycles. The molecule has 18 heteroatoms. The van der Waals surface area contributed by atoms with Gasteiger partial charge in [0.25, 0.3) is 20.2 Å². The van der Waals surface area contributed by atoms with Crippen LogP contribution < -0.4 is 78.8 Å². The predicted octanol–water partition coefficient (Wildman–Crippen LogP) is 2.75. The van der Waals surface area contributed by atoms with Crippen molar-refractivity contribution in [3.63, 3.8) is 0 Å². The Morgan fingerprint density at radius 2 is 0.949 bits per heavy atom. The van der Waals surface area contributed by atoms with Gasteiger partial charge in [-0.2, -0.15) is 27.1 Å². The Hall–Kier alpha value is -4.72. The van der Waals surface area contributed by atoms with Crippen LogP contribution in [0.5, 0.6) is 23.0 Å². The van der Waals surface area contributed by atoms with Gasteiger partial charge in [0.15, 0.2) is 0 Å². The maximum absolute atomic E-state index is 13.1. The van der Waals surface area contributed by atoms with Gasteiger partial charge in [0.05, 0.1) is 25.6 Å². The van der Waals surface area contributed by atoms with Crippen molar-refractivity contribution >= 4 is 64.5 Å². The van der Waals surface area contributed by atoms with Gasteiger partial charge in [0.2, 0.25) is 0 Å². The molecule has 59 heavy (non-hydrogen) atoms. The van der Waals surface area contributed by atoms with E-state index in [9.17, 15) is 36.2 Å². The maximum atomic E-state index is 13.1. The third kappa shape index (κ3) is 9.68. The molecule has 7 rings (SSSR count). The standard InChI is InChI=1S/C41H32N4O10S2.2Na/c1-54-36-20-24(15-17-32(36)42-44-34-22-38(56(48,49)50)28-11-5-7-13-30(28)40(34)46)19-25-9-3-4-10-27(25)26-16-18-33(37(21-26)55-2)43-45-35-23-39(57(51,52)53)29-12-6-8-14-31(29)41(35)47;;/h3-18,20-23,46-47H,19H2,1-2H3,(H,48,49,50)(H,51,52,53);;/q;2*+1/p-2. The second-order valence-electron chi connectivity index (χ2n) is 12.6. The summed E-state index contributed by atoms with van der Waals surface area (Å²) in [6.07, 6.45) is 0.450. The summed E-state index contributed by atoms with van der Waals surface area (Å²) >= 11 is 0. The van der Waals surface area contributed by atoms with Gasteiger partial charge < -0.3 is 19.7 Å². The first-order chi connectivity index (χ1) is 27.3. The van der Waals surface area contributed by atoms with E-state index in [0.717, 1.165) is 34.4 Å². The fraction of sp³-hybridized carbons (Fsp3) is 0.0732. The monoisotopic (exact) mass is 848 g/mol. The van der Waals surface area contributed by atoms with Crippen LogP contribution in [0.15, 0.2) is 152 Å². The van der Waals surface area contributed by atoms with Crippen LogP contribution in [0, 0.1) is 0 Å². The molecule has 0 heterocycles. The molecular formula is C41H30N4Na2O10S2. The molecule has 0 fully saturated rings. The van der Waals surface area contributed by atoms with E-state index < -0.39 is 41.5 Å². The molecule has 2 N–H and O–H groups in total. The number of ether oxygens (including phenoxy) is 2. The number of rotatable bonds is 11. The van der Waals surface area contributed by atoms with E-state index in [1.807, 2.05) is 30.3 Å². The molecule has 0 unspecified atom stereocenters. The van der Waals surface area contributed by atoms with E-state index >= 15 is 0 Å². The van der Waals surface area contributed by atoms with Crippen molar-refractivity contribution in [3.8, 4) is 34.1 Å². The topological polar surface area (TPSA) is 223 Å². The van der Waals surface area contributed by atoms with Gasteiger partial charge in [0.1, 0.15) is 32.7 Å². The quantitative estimate of drug-likeness (QED) is 0.110. The van der Waals surface area contributed by atoms with Crippen LogP contribution in [0.3, 0.4) is 0 Å². The molecule has 0 bridgehead atoms. The van der Waals surface area contributed by atoms with Gasteiger partial charge >= 0.3 is 59.1 Å². The van der Waals surface area contributed by atoms with Crippen LogP contribution in [0.1, 0.15) is 11.1 Å². The number of benzene rings is 7. The molecule has 0 saturated carbocycles. The van der Waals surface area contributed by atoms with E-state index in [-0.39, 0.29) is 103 Å². The molecule has 0 aliphatic rings. The van der Waals surface area contributed by atoms with Crippen molar-refractivity contribution in [2.24, 2.45) is 20.5 Å². The second kappa shape index (κ2) is 18.7. The smallest absolute Gasteiger partial charge is 0.871 e. The van der Waals surface area contributed by atoms with Gasteiger partial charge in [-0.3, -0.25) is 9.11 Å². The third-order valence-electron chi connectivity index (χ3n) is 9.11. The third-order valence-corrected chi connectivity index (χ3v) is 10.9. The average molecular weight is 849 g/mol. The Kier molecular flexibility index (Phi) is 14.4. The summed E-state index contributed by atoms with van der Waals surface area (Å²) in [5.41, 5.74) is 3.38. The number of hydrogen-bond acceptors (Lipinski definition) is 12. The molecule has 7 aromatic rings. The SMILES string of the molecule is COc1cc(Cc2ccccc2-c2ccc(N=Nc3cc(S(=O)(=O)O)c4ccccc4c3[O-])c(OC)c2)ccc1N=Nc1cc(S(=O)(=O)O)c2ccccc2c1[O-].[Na+].[Na+]. The summed E-state index contributed by atoms with van der Waals surface area (Å²) in [6, 6.07) is 32.1. The van der Waals surface area contributed by atoms with Gasteiger partial charge in [0, 0.05) is 10.8 Å². The zero-order chi connectivity index (χ0) is 40.5. The number of methoxy groups -OCH3 is 2. The number of hydrogen-bond donors (Lipinski definition) is 2. The summed E-state index contributed by atoms with van der Waals surface area (Å²) in [6.45, 7) is 0. The van der Waals surface area contributed by atoms with Crippen molar-refractivity contribution in [2.45, 2.75) is 16.2 Å². The van der Waals surface area contributed by atoms with E-state index in [1.165, 1.54) is 38.5 Å². The molecule has 7 aromatic carbocycles. The average Bonchev–Trinajstić information content (AvgIpc) is 3.20. The van der Waals surface area contributed by atoms with Crippen molar-refractivity contribution < 1.29 is 105 Å². The van der Waals surface area contributed by atoms with Gasteiger partial charge in [-0.1, -0.05) is 96.4 Å². The normalized spacial score (nSPS) is 11.8. The Labute approximate surface area is 383 Å². The number of nitrogens with zero attached hydrogens (tertiary/aromatic N) is 4. The van der Waals surface area contributed by atoms with Crippen molar-refractivity contribution in [2.75, 3.05) is 14.2 Å². The van der Waals surface area contributed by atoms with Crippen LogP contribution >= 0.6 is 0 Å². The zero-order valence-electron chi connectivity index (χ0n) is 32.0. The van der Waals surface area contributed by atoms with Crippen LogP contribution in [0.2, 0.25) is 0 Å². The molecule has 0 saturated heterocycles. The molecule has 0 aliphatic heterocycles. The molecule has 288 valence electrons. The van der Waals surface area contributed by atoms with E-state index in [0.29, 0.717) is 17.9 Å². The molecule has 0 amide bonds. The first-order valence-electron chi connectivity index (χ1n) is 16.9. The summed E-state index contributed by atoms with van der Waals surface area (Å²) in [5, 5.41) is 43.0. The molecule has 0 atom stereocenters. The van der Waals surface area contributed by atoms with Crippen LogP contribution in [0.4, 0.5) is 22.7 Å². The summed E-state index contributed by atoms with van der Waals surface area (Å²) in [7, 11) is -6.44. The van der Waals surface area contributed by atoms with Crippen LogP contribution in [0.25, 0.3) is 32.7 Å². The van der Waals surface area contributed by atoms with E-state index in [4.69, 9.17) is 9.47 Å².